The van der Waals surface area contributed by atoms with Crippen molar-refractivity contribution < 1.29 is 14.4 Å². The minimum absolute atomic E-state index is 0.191. The van der Waals surface area contributed by atoms with E-state index >= 15 is 0 Å². The average molecular weight is 491 g/mol. The molecular formula is C23H18Cl3N3O3. The smallest absolute Gasteiger partial charge is 0.250 e. The lowest BCUT2D eigenvalue weighted by molar-refractivity contribution is -0.135. The van der Waals surface area contributed by atoms with Gasteiger partial charge in [0.25, 0.3) is 0 Å². The molecular weight excluding hydrogens is 473 g/mol. The normalized spacial score (nSPS) is 30.8. The number of nitrogens with one attached hydrogen (secondary N) is 1. The SMILES string of the molecule is Cc1c(Cl)ccc2c1NC(=O)[C@]21[C@@H]2C(=O)N(c3cc(Cl)cc(Cl)c3)C(=O)[C@@H]2[C@@H]2CCCN21. The topological polar surface area (TPSA) is 69.7 Å². The summed E-state index contributed by atoms with van der Waals surface area (Å²) >= 11 is 18.6. The molecule has 1 spiro atoms. The van der Waals surface area contributed by atoms with Crippen molar-refractivity contribution in [1.29, 1.82) is 0 Å². The number of carbonyl (C=O) groups is 3. The summed E-state index contributed by atoms with van der Waals surface area (Å²) in [6.45, 7) is 2.49. The molecule has 3 fully saturated rings. The number of fused-ring (bicyclic) bond motifs is 7. The fraction of sp³-hybridized carbons (Fsp3) is 0.348. The number of carbonyl (C=O) groups excluding carboxylic acids is 3. The van der Waals surface area contributed by atoms with E-state index in [1.165, 1.54) is 4.90 Å². The average Bonchev–Trinajstić information content (AvgIpc) is 3.43. The molecule has 6 rings (SSSR count). The molecule has 4 aliphatic rings. The Morgan fingerprint density at radius 2 is 1.75 bits per heavy atom. The lowest BCUT2D eigenvalue weighted by Crippen LogP contribution is -2.54. The molecule has 164 valence electrons. The van der Waals surface area contributed by atoms with Crippen LogP contribution in [0.3, 0.4) is 0 Å². The van der Waals surface area contributed by atoms with E-state index in [2.05, 4.69) is 10.2 Å². The second-order valence-corrected chi connectivity index (χ2v) is 10.1. The van der Waals surface area contributed by atoms with Crippen molar-refractivity contribution in [3.8, 4) is 0 Å². The first-order chi connectivity index (χ1) is 15.3. The van der Waals surface area contributed by atoms with E-state index in [1.54, 1.807) is 24.3 Å². The monoisotopic (exact) mass is 489 g/mol. The van der Waals surface area contributed by atoms with Gasteiger partial charge in [-0.1, -0.05) is 40.9 Å². The number of amides is 3. The first kappa shape index (κ1) is 20.5. The number of halogens is 3. The first-order valence-corrected chi connectivity index (χ1v) is 11.6. The highest BCUT2D eigenvalue weighted by molar-refractivity contribution is 6.36. The van der Waals surface area contributed by atoms with E-state index in [-0.39, 0.29) is 17.9 Å². The van der Waals surface area contributed by atoms with Crippen LogP contribution in [0.4, 0.5) is 11.4 Å². The van der Waals surface area contributed by atoms with Crippen molar-refractivity contribution in [2.45, 2.75) is 31.3 Å². The van der Waals surface area contributed by atoms with Crippen LogP contribution in [0.1, 0.15) is 24.0 Å². The second-order valence-electron chi connectivity index (χ2n) is 8.86. The van der Waals surface area contributed by atoms with E-state index < -0.39 is 23.3 Å². The molecule has 0 saturated carbocycles. The molecule has 0 aliphatic carbocycles. The Morgan fingerprint density at radius 3 is 2.47 bits per heavy atom. The van der Waals surface area contributed by atoms with Gasteiger partial charge in [0.2, 0.25) is 17.7 Å². The van der Waals surface area contributed by atoms with Gasteiger partial charge in [-0.05, 0) is 56.1 Å². The number of imide groups is 1. The molecule has 2 aromatic carbocycles. The lowest BCUT2D eigenvalue weighted by atomic mass is 9.75. The molecule has 9 heteroatoms. The zero-order valence-corrected chi connectivity index (χ0v) is 19.3. The third-order valence-electron chi connectivity index (χ3n) is 7.47. The van der Waals surface area contributed by atoms with Crippen molar-refractivity contribution >= 4 is 63.9 Å². The van der Waals surface area contributed by atoms with Gasteiger partial charge < -0.3 is 5.32 Å². The summed E-state index contributed by atoms with van der Waals surface area (Å²) in [5, 5.41) is 4.18. The summed E-state index contributed by atoms with van der Waals surface area (Å²) in [4.78, 5) is 44.5. The third kappa shape index (κ3) is 2.34. The van der Waals surface area contributed by atoms with Crippen LogP contribution in [-0.4, -0.2) is 35.2 Å². The van der Waals surface area contributed by atoms with E-state index in [4.69, 9.17) is 34.8 Å². The Hall–Kier alpha value is -2.12. The van der Waals surface area contributed by atoms with Gasteiger partial charge in [-0.25, -0.2) is 4.90 Å². The van der Waals surface area contributed by atoms with E-state index in [9.17, 15) is 14.4 Å². The minimum atomic E-state index is -1.24. The quantitative estimate of drug-likeness (QED) is 0.602. The van der Waals surface area contributed by atoms with Crippen LogP contribution in [-0.2, 0) is 19.9 Å². The standard InChI is InChI=1S/C23H18Cl3N3O3/c1-10-15(26)5-4-14-19(10)27-22(32)23(14)18-17(16-3-2-6-28(16)23)20(30)29(21(18)31)13-8-11(24)7-12(25)9-13/h4-5,7-9,16-18H,2-3,6H2,1H3,(H,27,32)/t16-,17+,18-,23+/m0/s1. The fourth-order valence-electron chi connectivity index (χ4n) is 6.31. The zero-order valence-electron chi connectivity index (χ0n) is 17.0. The van der Waals surface area contributed by atoms with Gasteiger partial charge in [0.15, 0.2) is 0 Å². The maximum absolute atomic E-state index is 13.9. The number of hydrogen-bond donors (Lipinski definition) is 1. The molecule has 32 heavy (non-hydrogen) atoms. The minimum Gasteiger partial charge on any atom is -0.324 e. The highest BCUT2D eigenvalue weighted by atomic mass is 35.5. The predicted octanol–water partition coefficient (Wildman–Crippen LogP) is 4.39. The predicted molar refractivity (Wildman–Crippen MR) is 122 cm³/mol. The molecule has 4 heterocycles. The largest absolute Gasteiger partial charge is 0.324 e. The molecule has 4 aliphatic heterocycles. The summed E-state index contributed by atoms with van der Waals surface area (Å²) in [6, 6.07) is 8.03. The lowest BCUT2D eigenvalue weighted by Gasteiger charge is -2.36. The summed E-state index contributed by atoms with van der Waals surface area (Å²) in [5.74, 6) is -2.43. The van der Waals surface area contributed by atoms with Gasteiger partial charge in [-0.15, -0.1) is 0 Å². The van der Waals surface area contributed by atoms with Crippen molar-refractivity contribution in [3.63, 3.8) is 0 Å². The molecule has 1 N–H and O–H groups in total. The Bertz CT molecular complexity index is 1230. The van der Waals surface area contributed by atoms with Crippen LogP contribution < -0.4 is 10.2 Å². The molecule has 0 aromatic heterocycles. The highest BCUT2D eigenvalue weighted by Crippen LogP contribution is 2.61. The van der Waals surface area contributed by atoms with Crippen LogP contribution in [0.15, 0.2) is 30.3 Å². The van der Waals surface area contributed by atoms with Crippen LogP contribution in [0.2, 0.25) is 15.1 Å². The van der Waals surface area contributed by atoms with Gasteiger partial charge >= 0.3 is 0 Å². The van der Waals surface area contributed by atoms with Crippen molar-refractivity contribution in [2.75, 3.05) is 16.8 Å². The maximum atomic E-state index is 13.9. The third-order valence-corrected chi connectivity index (χ3v) is 8.31. The van der Waals surface area contributed by atoms with Gasteiger partial charge in [0, 0.05) is 26.7 Å². The first-order valence-electron chi connectivity index (χ1n) is 10.5. The molecule has 6 nitrogen and oxygen atoms in total. The number of nitrogens with zero attached hydrogens (tertiary/aromatic N) is 2. The molecule has 3 amide bonds. The Balaban J connectivity index is 1.57. The van der Waals surface area contributed by atoms with Crippen LogP contribution in [0, 0.1) is 18.8 Å². The summed E-state index contributed by atoms with van der Waals surface area (Å²) in [6.07, 6.45) is 1.61. The summed E-state index contributed by atoms with van der Waals surface area (Å²) in [5.41, 5.74) is 1.20. The maximum Gasteiger partial charge on any atom is 0.250 e. The second kappa shape index (κ2) is 6.70. The van der Waals surface area contributed by atoms with Crippen molar-refractivity contribution in [2.24, 2.45) is 11.8 Å². The van der Waals surface area contributed by atoms with Crippen LogP contribution in [0.25, 0.3) is 0 Å². The molecule has 0 bridgehead atoms. The van der Waals surface area contributed by atoms with Gasteiger partial charge in [-0.3, -0.25) is 19.3 Å². The van der Waals surface area contributed by atoms with E-state index in [0.717, 1.165) is 24.0 Å². The van der Waals surface area contributed by atoms with Gasteiger partial charge in [0.1, 0.15) is 5.54 Å². The molecule has 4 atom stereocenters. The van der Waals surface area contributed by atoms with E-state index in [0.29, 0.717) is 33.0 Å². The number of hydrogen-bond acceptors (Lipinski definition) is 4. The number of benzene rings is 2. The number of anilines is 2. The van der Waals surface area contributed by atoms with Crippen molar-refractivity contribution in [1.82, 2.24) is 4.90 Å². The molecule has 0 radical (unpaired) electrons. The molecule has 3 saturated heterocycles. The Kier molecular flexibility index (Phi) is 4.29. The summed E-state index contributed by atoms with van der Waals surface area (Å²) in [7, 11) is 0. The van der Waals surface area contributed by atoms with E-state index in [1.807, 2.05) is 13.0 Å². The highest BCUT2D eigenvalue weighted by Gasteiger charge is 2.74. The zero-order chi connectivity index (χ0) is 22.5. The Morgan fingerprint density at radius 1 is 1.03 bits per heavy atom. The van der Waals surface area contributed by atoms with Gasteiger partial charge in [-0.2, -0.15) is 0 Å². The Labute approximate surface area is 199 Å². The van der Waals surface area contributed by atoms with Crippen molar-refractivity contribution in [3.05, 3.63) is 56.5 Å². The number of rotatable bonds is 1. The van der Waals surface area contributed by atoms with Crippen LogP contribution >= 0.6 is 34.8 Å². The fourth-order valence-corrected chi connectivity index (χ4v) is 6.99. The molecule has 2 aromatic rings. The van der Waals surface area contributed by atoms with Crippen LogP contribution in [0.5, 0.6) is 0 Å². The summed E-state index contributed by atoms with van der Waals surface area (Å²) < 4.78 is 0. The van der Waals surface area contributed by atoms with Gasteiger partial charge in [0.05, 0.1) is 23.2 Å². The molecule has 0 unspecified atom stereocenters.